The van der Waals surface area contributed by atoms with Gasteiger partial charge < -0.3 is 20.5 Å². The van der Waals surface area contributed by atoms with E-state index in [1.54, 1.807) is 12.2 Å². The maximum absolute atomic E-state index is 9.00. The number of nitrogens with zero attached hydrogens (tertiary/aromatic N) is 2. The predicted molar refractivity (Wildman–Crippen MR) is 103 cm³/mol. The largest absolute Gasteiger partial charge is 0.491 e. The summed E-state index contributed by atoms with van der Waals surface area (Å²) >= 11 is 0. The molecule has 0 spiro atoms. The summed E-state index contributed by atoms with van der Waals surface area (Å²) in [6.07, 6.45) is 5.28. The van der Waals surface area contributed by atoms with Crippen LogP contribution in [0.3, 0.4) is 0 Å². The molecule has 0 saturated heterocycles. The van der Waals surface area contributed by atoms with Crippen LogP contribution in [0, 0.1) is 5.41 Å². The Balaban J connectivity index is 2.17. The predicted octanol–water partition coefficient (Wildman–Crippen LogP) is 2.76. The molecule has 1 aromatic rings. The highest BCUT2D eigenvalue weighted by atomic mass is 16.5. The van der Waals surface area contributed by atoms with Gasteiger partial charge in [-0.3, -0.25) is 5.41 Å². The molecule has 0 fully saturated rings. The molecule has 6 heteroatoms. The van der Waals surface area contributed by atoms with E-state index in [1.165, 1.54) is 0 Å². The smallest absolute Gasteiger partial charge is 0.146 e. The summed E-state index contributed by atoms with van der Waals surface area (Å²) in [4.78, 5) is 6.53. The number of hydrogen-bond donors (Lipinski definition) is 3. The van der Waals surface area contributed by atoms with E-state index in [4.69, 9.17) is 21.0 Å². The molecule has 1 aliphatic rings. The number of anilines is 1. The third kappa shape index (κ3) is 5.19. The SMILES string of the molecule is CCCCOC1=C/C(=N\c2ccc(N(C)CCO)cc2)C(N)=CC1=N. The first-order valence-corrected chi connectivity index (χ1v) is 8.47. The second kappa shape index (κ2) is 9.03. The minimum Gasteiger partial charge on any atom is -0.491 e. The Morgan fingerprint density at radius 3 is 2.60 bits per heavy atom. The van der Waals surface area contributed by atoms with Gasteiger partial charge in [0.1, 0.15) is 5.76 Å². The van der Waals surface area contributed by atoms with Crippen molar-refractivity contribution in [3.8, 4) is 0 Å². The topological polar surface area (TPSA) is 94.9 Å². The molecule has 0 bridgehead atoms. The Morgan fingerprint density at radius 2 is 1.96 bits per heavy atom. The summed E-state index contributed by atoms with van der Waals surface area (Å²) < 4.78 is 5.65. The lowest BCUT2D eigenvalue weighted by Crippen LogP contribution is -2.21. The Morgan fingerprint density at radius 1 is 1.24 bits per heavy atom. The second-order valence-electron chi connectivity index (χ2n) is 5.88. The molecule has 134 valence electrons. The number of aliphatic hydroxyl groups excluding tert-OH is 1. The molecule has 1 aliphatic carbocycles. The number of aliphatic imine (C=N–C) groups is 1. The van der Waals surface area contributed by atoms with Crippen LogP contribution < -0.4 is 10.6 Å². The van der Waals surface area contributed by atoms with E-state index in [0.717, 1.165) is 24.2 Å². The first-order valence-electron chi connectivity index (χ1n) is 8.47. The van der Waals surface area contributed by atoms with Gasteiger partial charge in [0.2, 0.25) is 0 Å². The summed E-state index contributed by atoms with van der Waals surface area (Å²) in [5.74, 6) is 0.501. The Kier molecular flexibility index (Phi) is 6.77. The number of nitrogens with one attached hydrogen (secondary N) is 1. The highest BCUT2D eigenvalue weighted by Crippen LogP contribution is 2.21. The average molecular weight is 342 g/mol. The first kappa shape index (κ1) is 18.7. The Bertz CT molecular complexity index is 690. The second-order valence-corrected chi connectivity index (χ2v) is 5.88. The lowest BCUT2D eigenvalue weighted by atomic mass is 10.1. The quantitative estimate of drug-likeness (QED) is 0.500. The molecule has 0 radical (unpaired) electrons. The van der Waals surface area contributed by atoms with Gasteiger partial charge in [-0.2, -0.15) is 0 Å². The molecule has 0 atom stereocenters. The van der Waals surface area contributed by atoms with Crippen molar-refractivity contribution in [1.29, 1.82) is 5.41 Å². The van der Waals surface area contributed by atoms with Crippen molar-refractivity contribution in [2.75, 3.05) is 31.7 Å². The molecule has 0 amide bonds. The molecule has 0 saturated carbocycles. The van der Waals surface area contributed by atoms with Crippen LogP contribution in [0.4, 0.5) is 11.4 Å². The highest BCUT2D eigenvalue weighted by molar-refractivity contribution is 6.22. The number of aliphatic hydroxyl groups is 1. The molecule has 0 aromatic heterocycles. The molecule has 1 aromatic carbocycles. The van der Waals surface area contributed by atoms with Crippen molar-refractivity contribution >= 4 is 22.8 Å². The van der Waals surface area contributed by atoms with E-state index in [2.05, 4.69) is 11.9 Å². The standard InChI is InChI=1S/C19H26N4O2/c1-3-4-11-25-19-13-18(16(20)12-17(19)21)22-14-5-7-15(8-6-14)23(2)9-10-24/h5-8,12-13,21,24H,3-4,9-11,20H2,1-2H3/b21-17?,22-18+. The van der Waals surface area contributed by atoms with Gasteiger partial charge in [0.25, 0.3) is 0 Å². The van der Waals surface area contributed by atoms with Crippen LogP contribution in [-0.4, -0.2) is 43.3 Å². The average Bonchev–Trinajstić information content (AvgIpc) is 2.59. The van der Waals surface area contributed by atoms with Crippen LogP contribution in [-0.2, 0) is 4.74 Å². The van der Waals surface area contributed by atoms with Crippen molar-refractivity contribution < 1.29 is 9.84 Å². The molecule has 0 aliphatic heterocycles. The number of rotatable bonds is 8. The zero-order valence-corrected chi connectivity index (χ0v) is 14.8. The normalized spacial score (nSPS) is 15.8. The van der Waals surface area contributed by atoms with Gasteiger partial charge >= 0.3 is 0 Å². The van der Waals surface area contributed by atoms with E-state index in [0.29, 0.717) is 30.3 Å². The highest BCUT2D eigenvalue weighted by Gasteiger charge is 2.15. The number of benzene rings is 1. The van der Waals surface area contributed by atoms with Gasteiger partial charge in [-0.25, -0.2) is 4.99 Å². The Hall–Kier alpha value is -2.60. The molecule has 25 heavy (non-hydrogen) atoms. The molecular formula is C19H26N4O2. The van der Waals surface area contributed by atoms with Gasteiger partial charge in [-0.05, 0) is 36.8 Å². The summed E-state index contributed by atoms with van der Waals surface area (Å²) in [6, 6.07) is 7.69. The van der Waals surface area contributed by atoms with E-state index in [1.807, 2.05) is 36.2 Å². The molecule has 0 unspecified atom stereocenters. The fraction of sp³-hybridized carbons (Fsp3) is 0.368. The summed E-state index contributed by atoms with van der Waals surface area (Å²) in [5.41, 5.74) is 9.10. The zero-order chi connectivity index (χ0) is 18.2. The van der Waals surface area contributed by atoms with Gasteiger partial charge in [0.15, 0.2) is 0 Å². The fourth-order valence-corrected chi connectivity index (χ4v) is 2.33. The zero-order valence-electron chi connectivity index (χ0n) is 14.8. The summed E-state index contributed by atoms with van der Waals surface area (Å²) in [5, 5.41) is 17.0. The molecule has 0 heterocycles. The van der Waals surface area contributed by atoms with Crippen LogP contribution in [0.1, 0.15) is 19.8 Å². The Labute approximate surface area is 148 Å². The van der Waals surface area contributed by atoms with E-state index < -0.39 is 0 Å². The van der Waals surface area contributed by atoms with Crippen LogP contribution in [0.2, 0.25) is 0 Å². The molecule has 2 rings (SSSR count). The van der Waals surface area contributed by atoms with Gasteiger partial charge in [-0.15, -0.1) is 0 Å². The monoisotopic (exact) mass is 342 g/mol. The van der Waals surface area contributed by atoms with Crippen molar-refractivity contribution in [2.24, 2.45) is 10.7 Å². The van der Waals surface area contributed by atoms with Crippen molar-refractivity contribution in [2.45, 2.75) is 19.8 Å². The summed E-state index contributed by atoms with van der Waals surface area (Å²) in [6.45, 7) is 3.36. The molecule has 6 nitrogen and oxygen atoms in total. The van der Waals surface area contributed by atoms with E-state index >= 15 is 0 Å². The number of hydrogen-bond acceptors (Lipinski definition) is 6. The van der Waals surface area contributed by atoms with Crippen LogP contribution in [0.15, 0.2) is 52.9 Å². The van der Waals surface area contributed by atoms with Crippen LogP contribution >= 0.6 is 0 Å². The van der Waals surface area contributed by atoms with Crippen molar-refractivity contribution in [3.05, 3.63) is 47.9 Å². The number of allylic oxidation sites excluding steroid dienone is 2. The van der Waals surface area contributed by atoms with Gasteiger partial charge in [0, 0.05) is 25.4 Å². The molecule has 4 N–H and O–H groups in total. The van der Waals surface area contributed by atoms with Crippen molar-refractivity contribution in [3.63, 3.8) is 0 Å². The number of unbranched alkanes of at least 4 members (excludes halogenated alkanes) is 1. The van der Waals surface area contributed by atoms with E-state index in [-0.39, 0.29) is 12.3 Å². The maximum Gasteiger partial charge on any atom is 0.146 e. The third-order valence-corrected chi connectivity index (χ3v) is 3.86. The lowest BCUT2D eigenvalue weighted by molar-refractivity contribution is 0.226. The number of likely N-dealkylation sites (N-methyl/N-ethyl adjacent to an activating group) is 1. The summed E-state index contributed by atoms with van der Waals surface area (Å²) in [7, 11) is 1.92. The van der Waals surface area contributed by atoms with Gasteiger partial charge in [-0.1, -0.05) is 13.3 Å². The first-order chi connectivity index (χ1) is 12.0. The van der Waals surface area contributed by atoms with Crippen LogP contribution in [0.5, 0.6) is 0 Å². The fourth-order valence-electron chi connectivity index (χ4n) is 2.33. The minimum absolute atomic E-state index is 0.111. The lowest BCUT2D eigenvalue weighted by Gasteiger charge is -2.18. The molecular weight excluding hydrogens is 316 g/mol. The van der Waals surface area contributed by atoms with Gasteiger partial charge in [0.05, 0.1) is 36.0 Å². The van der Waals surface area contributed by atoms with Crippen LogP contribution in [0.25, 0.3) is 0 Å². The maximum atomic E-state index is 9.00. The number of ether oxygens (including phenoxy) is 1. The van der Waals surface area contributed by atoms with E-state index in [9.17, 15) is 0 Å². The number of nitrogens with two attached hydrogens (primary N) is 1. The third-order valence-electron chi connectivity index (χ3n) is 3.86. The minimum atomic E-state index is 0.111. The van der Waals surface area contributed by atoms with Crippen molar-refractivity contribution in [1.82, 2.24) is 0 Å².